The number of carbonyl (C=O) groups excluding carboxylic acids is 1. The van der Waals surface area contributed by atoms with Crippen LogP contribution < -0.4 is 34.7 Å². The summed E-state index contributed by atoms with van der Waals surface area (Å²) in [5.74, 6) is 4.57. The SMILES string of the molecule is O=C([O-])[C@H]1C[C@@H]1C#Cc1ccccc1.[Na+]. The van der Waals surface area contributed by atoms with Gasteiger partial charge in [0, 0.05) is 23.4 Å². The van der Waals surface area contributed by atoms with E-state index in [2.05, 4.69) is 11.8 Å². The smallest absolute Gasteiger partial charge is 0.550 e. The van der Waals surface area contributed by atoms with E-state index in [0.717, 1.165) is 5.56 Å². The number of carboxylic acid groups (broad SMARTS) is 1. The van der Waals surface area contributed by atoms with Gasteiger partial charge in [0.05, 0.1) is 0 Å². The van der Waals surface area contributed by atoms with E-state index in [9.17, 15) is 9.90 Å². The number of carboxylic acids is 1. The van der Waals surface area contributed by atoms with Crippen molar-refractivity contribution < 1.29 is 39.5 Å². The maximum absolute atomic E-state index is 10.4. The Morgan fingerprint density at radius 1 is 1.33 bits per heavy atom. The van der Waals surface area contributed by atoms with Crippen molar-refractivity contribution in [2.45, 2.75) is 6.42 Å². The molecule has 0 spiro atoms. The Morgan fingerprint density at radius 2 is 2.00 bits per heavy atom. The quantitative estimate of drug-likeness (QED) is 0.376. The third-order valence-corrected chi connectivity index (χ3v) is 2.27. The predicted octanol–water partition coefficient (Wildman–Crippen LogP) is -2.57. The third-order valence-electron chi connectivity index (χ3n) is 2.27. The van der Waals surface area contributed by atoms with Crippen molar-refractivity contribution in [2.75, 3.05) is 0 Å². The molecule has 2 nitrogen and oxygen atoms in total. The first kappa shape index (κ1) is 12.3. The molecule has 1 fully saturated rings. The number of carbonyl (C=O) groups is 1. The molecule has 70 valence electrons. The molecular formula is C12H9NaO2. The summed E-state index contributed by atoms with van der Waals surface area (Å²) in [6.07, 6.45) is 0.641. The molecule has 1 aliphatic rings. The van der Waals surface area contributed by atoms with Gasteiger partial charge in [0.1, 0.15) is 0 Å². The topological polar surface area (TPSA) is 40.1 Å². The van der Waals surface area contributed by atoms with Crippen LogP contribution >= 0.6 is 0 Å². The molecule has 0 heterocycles. The van der Waals surface area contributed by atoms with Crippen LogP contribution in [0.1, 0.15) is 12.0 Å². The van der Waals surface area contributed by atoms with Gasteiger partial charge in [-0.3, -0.25) is 0 Å². The molecule has 2 atom stereocenters. The first-order valence-corrected chi connectivity index (χ1v) is 4.55. The molecule has 15 heavy (non-hydrogen) atoms. The van der Waals surface area contributed by atoms with E-state index >= 15 is 0 Å². The van der Waals surface area contributed by atoms with Crippen LogP contribution in [0.15, 0.2) is 30.3 Å². The average molecular weight is 208 g/mol. The van der Waals surface area contributed by atoms with Crippen LogP contribution in [0.3, 0.4) is 0 Å². The summed E-state index contributed by atoms with van der Waals surface area (Å²) in [7, 11) is 0. The zero-order valence-corrected chi connectivity index (χ0v) is 10.6. The summed E-state index contributed by atoms with van der Waals surface area (Å²) in [6.45, 7) is 0. The fraction of sp³-hybridized carbons (Fsp3) is 0.250. The zero-order chi connectivity index (χ0) is 9.97. The normalized spacial score (nSPS) is 21.9. The molecule has 2 rings (SSSR count). The van der Waals surface area contributed by atoms with E-state index in [0.29, 0.717) is 6.42 Å². The van der Waals surface area contributed by atoms with Gasteiger partial charge in [0.2, 0.25) is 0 Å². The van der Waals surface area contributed by atoms with E-state index in [4.69, 9.17) is 0 Å². The van der Waals surface area contributed by atoms with Gasteiger partial charge in [-0.1, -0.05) is 30.0 Å². The molecule has 3 heteroatoms. The van der Waals surface area contributed by atoms with Gasteiger partial charge in [0.15, 0.2) is 0 Å². The van der Waals surface area contributed by atoms with Crippen molar-refractivity contribution >= 4 is 5.97 Å². The summed E-state index contributed by atoms with van der Waals surface area (Å²) >= 11 is 0. The largest absolute Gasteiger partial charge is 1.00 e. The second-order valence-corrected chi connectivity index (χ2v) is 3.40. The number of hydrogen-bond donors (Lipinski definition) is 0. The summed E-state index contributed by atoms with van der Waals surface area (Å²) < 4.78 is 0. The van der Waals surface area contributed by atoms with Crippen LogP contribution in [0.2, 0.25) is 0 Å². The monoisotopic (exact) mass is 208 g/mol. The van der Waals surface area contributed by atoms with Gasteiger partial charge in [-0.2, -0.15) is 0 Å². The molecule has 0 N–H and O–H groups in total. The molecule has 0 amide bonds. The number of rotatable bonds is 1. The molecule has 1 saturated carbocycles. The Bertz CT molecular complexity index is 403. The molecular weight excluding hydrogens is 199 g/mol. The van der Waals surface area contributed by atoms with Gasteiger partial charge < -0.3 is 9.90 Å². The van der Waals surface area contributed by atoms with E-state index in [1.807, 2.05) is 30.3 Å². The first-order valence-electron chi connectivity index (χ1n) is 4.55. The maximum Gasteiger partial charge on any atom is 1.00 e. The fourth-order valence-electron chi connectivity index (χ4n) is 1.31. The van der Waals surface area contributed by atoms with Crippen molar-refractivity contribution in [2.24, 2.45) is 11.8 Å². The van der Waals surface area contributed by atoms with Crippen molar-refractivity contribution in [3.8, 4) is 11.8 Å². The fourth-order valence-corrected chi connectivity index (χ4v) is 1.31. The Hall–Kier alpha value is -0.750. The number of hydrogen-bond acceptors (Lipinski definition) is 2. The third kappa shape index (κ3) is 3.39. The Kier molecular flexibility index (Phi) is 4.41. The summed E-state index contributed by atoms with van der Waals surface area (Å²) in [5, 5.41) is 10.4. The van der Waals surface area contributed by atoms with Crippen LogP contribution in [-0.2, 0) is 4.79 Å². The van der Waals surface area contributed by atoms with Crippen LogP contribution in [0.4, 0.5) is 0 Å². The summed E-state index contributed by atoms with van der Waals surface area (Å²) in [6, 6.07) is 9.55. The van der Waals surface area contributed by atoms with Crippen LogP contribution in [-0.4, -0.2) is 5.97 Å². The van der Waals surface area contributed by atoms with E-state index in [-0.39, 0.29) is 41.4 Å². The molecule has 0 radical (unpaired) electrons. The van der Waals surface area contributed by atoms with Gasteiger partial charge in [-0.25, -0.2) is 0 Å². The minimum absolute atomic E-state index is 0. The van der Waals surface area contributed by atoms with Crippen LogP contribution in [0, 0.1) is 23.7 Å². The van der Waals surface area contributed by atoms with Gasteiger partial charge >= 0.3 is 29.6 Å². The molecule has 1 aliphatic carbocycles. The maximum atomic E-state index is 10.4. The molecule has 1 aromatic rings. The van der Waals surface area contributed by atoms with Crippen molar-refractivity contribution in [3.63, 3.8) is 0 Å². The molecule has 0 bridgehead atoms. The second-order valence-electron chi connectivity index (χ2n) is 3.40. The van der Waals surface area contributed by atoms with Crippen molar-refractivity contribution in [1.82, 2.24) is 0 Å². The van der Waals surface area contributed by atoms with E-state index in [1.165, 1.54) is 0 Å². The first-order chi connectivity index (χ1) is 6.77. The molecule has 0 saturated heterocycles. The standard InChI is InChI=1S/C12H10O2.Na/c13-12(14)11-8-10(11)7-6-9-4-2-1-3-5-9;/h1-5,10-11H,8H2,(H,13,14);/q;+1/p-1/t10-,11-;/m0./s1. The van der Waals surface area contributed by atoms with E-state index in [1.54, 1.807) is 0 Å². The van der Waals surface area contributed by atoms with E-state index < -0.39 is 5.97 Å². The van der Waals surface area contributed by atoms with Gasteiger partial charge in [-0.05, 0) is 18.6 Å². The second kappa shape index (κ2) is 5.37. The Balaban J connectivity index is 0.00000112. The minimum Gasteiger partial charge on any atom is -0.550 e. The molecule has 0 aliphatic heterocycles. The summed E-state index contributed by atoms with van der Waals surface area (Å²) in [5.41, 5.74) is 0.927. The molecule has 0 aromatic heterocycles. The molecule has 1 aromatic carbocycles. The minimum atomic E-state index is -0.975. The Labute approximate surface area is 111 Å². The van der Waals surface area contributed by atoms with Gasteiger partial charge in [0.25, 0.3) is 0 Å². The Morgan fingerprint density at radius 3 is 2.53 bits per heavy atom. The van der Waals surface area contributed by atoms with Crippen LogP contribution in [0.5, 0.6) is 0 Å². The predicted molar refractivity (Wildman–Crippen MR) is 49.9 cm³/mol. The number of benzene rings is 1. The molecule has 0 unspecified atom stereocenters. The summed E-state index contributed by atoms with van der Waals surface area (Å²) in [4.78, 5) is 10.4. The van der Waals surface area contributed by atoms with Crippen molar-refractivity contribution in [3.05, 3.63) is 35.9 Å². The van der Waals surface area contributed by atoms with Crippen molar-refractivity contribution in [1.29, 1.82) is 0 Å². The average Bonchev–Trinajstić information content (AvgIpc) is 2.96. The van der Waals surface area contributed by atoms with Gasteiger partial charge in [-0.15, -0.1) is 0 Å². The number of aliphatic carboxylic acids is 1. The zero-order valence-electron chi connectivity index (χ0n) is 8.57. The van der Waals surface area contributed by atoms with Crippen LogP contribution in [0.25, 0.3) is 0 Å².